The first-order valence-electron chi connectivity index (χ1n) is 4.25. The molecule has 0 aromatic carbocycles. The molecule has 3 heteroatoms. The molecule has 0 aromatic heterocycles. The maximum Gasteiger partial charge on any atom is 0.267 e. The van der Waals surface area contributed by atoms with Crippen molar-refractivity contribution in [3.8, 4) is 17.3 Å². The van der Waals surface area contributed by atoms with E-state index in [9.17, 15) is 4.79 Å². The Bertz CT molecular complexity index is 548. The molecule has 2 rings (SSSR count). The van der Waals surface area contributed by atoms with Crippen molar-refractivity contribution in [3.63, 3.8) is 0 Å². The minimum Gasteiger partial charge on any atom is -0.321 e. The maximum absolute atomic E-state index is 11.3. The van der Waals surface area contributed by atoms with Crippen LogP contribution in [0.25, 0.3) is 11.3 Å². The number of hydrogen-bond donors (Lipinski definition) is 1. The summed E-state index contributed by atoms with van der Waals surface area (Å²) in [7, 11) is 0. The Kier molecular flexibility index (Phi) is 1.83. The maximum atomic E-state index is 11.3. The molecule has 1 N–H and O–H groups in total. The van der Waals surface area contributed by atoms with Crippen LogP contribution in [0.3, 0.4) is 0 Å². The topological polar surface area (TPSA) is 56.6 Å². The van der Waals surface area contributed by atoms with Gasteiger partial charge in [0.05, 0.1) is 5.69 Å². The Morgan fingerprint density at radius 2 is 2.21 bits per heavy atom. The van der Waals surface area contributed by atoms with Crippen molar-refractivity contribution in [1.82, 2.24) is 4.98 Å². The number of aromatic amines is 1. The van der Waals surface area contributed by atoms with Gasteiger partial charge in [-0.05, 0) is 18.6 Å². The monoisotopic (exact) mass is 184 g/mol. The molecule has 0 aromatic rings. The summed E-state index contributed by atoms with van der Waals surface area (Å²) >= 11 is 0. The molecule has 0 fully saturated rings. The van der Waals surface area contributed by atoms with Crippen molar-refractivity contribution >= 4 is 0 Å². The van der Waals surface area contributed by atoms with Crippen molar-refractivity contribution in [2.45, 2.75) is 6.92 Å². The van der Waals surface area contributed by atoms with Gasteiger partial charge in [0.15, 0.2) is 0 Å². The lowest BCUT2D eigenvalue weighted by Crippen LogP contribution is -2.00. The summed E-state index contributed by atoms with van der Waals surface area (Å²) in [5.74, 6) is 0. The second kappa shape index (κ2) is 3.00. The zero-order chi connectivity index (χ0) is 10.1. The zero-order valence-electron chi connectivity index (χ0n) is 7.66. The van der Waals surface area contributed by atoms with Crippen LogP contribution in [0.1, 0.15) is 11.1 Å². The zero-order valence-corrected chi connectivity index (χ0v) is 7.66. The number of nitriles is 1. The third-order valence-corrected chi connectivity index (χ3v) is 2.14. The Balaban J connectivity index is 2.87. The Labute approximate surface area is 81.0 Å². The van der Waals surface area contributed by atoms with Gasteiger partial charge in [-0.1, -0.05) is 18.2 Å². The molecule has 0 bridgehead atoms. The second-order valence-electron chi connectivity index (χ2n) is 3.18. The van der Waals surface area contributed by atoms with Gasteiger partial charge < -0.3 is 4.98 Å². The number of nitrogens with one attached hydrogen (secondary N) is 1. The van der Waals surface area contributed by atoms with Crippen molar-refractivity contribution in [2.24, 2.45) is 0 Å². The summed E-state index contributed by atoms with van der Waals surface area (Å²) in [5, 5.41) is 8.79. The first-order valence-corrected chi connectivity index (χ1v) is 4.25. The van der Waals surface area contributed by atoms with Gasteiger partial charge in [0.2, 0.25) is 0 Å². The Hall–Kier alpha value is -2.08. The van der Waals surface area contributed by atoms with Gasteiger partial charge in [-0.25, -0.2) is 0 Å². The van der Waals surface area contributed by atoms with E-state index in [0.717, 1.165) is 5.56 Å². The quantitative estimate of drug-likeness (QED) is 0.676. The lowest BCUT2D eigenvalue weighted by Gasteiger charge is -1.89. The normalized spacial score (nSPS) is 10.0. The van der Waals surface area contributed by atoms with E-state index in [0.29, 0.717) is 11.3 Å². The number of rotatable bonds is 0. The molecule has 3 nitrogen and oxygen atoms in total. The fourth-order valence-electron chi connectivity index (χ4n) is 1.48. The van der Waals surface area contributed by atoms with Crippen LogP contribution in [0.15, 0.2) is 29.1 Å². The third kappa shape index (κ3) is 1.17. The van der Waals surface area contributed by atoms with E-state index in [1.165, 1.54) is 0 Å². The number of hydrogen-bond acceptors (Lipinski definition) is 2. The SMILES string of the molecule is Cc1cccc2c(C#N)c(=O)[nH]c-2c1. The Morgan fingerprint density at radius 3 is 2.93 bits per heavy atom. The third-order valence-electron chi connectivity index (χ3n) is 2.14. The number of aryl methyl sites for hydroxylation is 1. The minimum absolute atomic E-state index is 0.190. The van der Waals surface area contributed by atoms with E-state index in [-0.39, 0.29) is 11.1 Å². The first kappa shape index (κ1) is 8.52. The van der Waals surface area contributed by atoms with Crippen molar-refractivity contribution < 1.29 is 0 Å². The van der Waals surface area contributed by atoms with Gasteiger partial charge in [-0.3, -0.25) is 4.79 Å². The highest BCUT2D eigenvalue weighted by atomic mass is 16.1. The first-order chi connectivity index (χ1) is 6.72. The van der Waals surface area contributed by atoms with Crippen molar-refractivity contribution in [1.29, 1.82) is 5.26 Å². The average Bonchev–Trinajstić information content (AvgIpc) is 2.30. The number of fused-ring (bicyclic) bond motifs is 1. The van der Waals surface area contributed by atoms with E-state index in [2.05, 4.69) is 4.98 Å². The van der Waals surface area contributed by atoms with Gasteiger partial charge in [0.1, 0.15) is 11.6 Å². The smallest absolute Gasteiger partial charge is 0.267 e. The van der Waals surface area contributed by atoms with Crippen LogP contribution in [0.2, 0.25) is 0 Å². The summed E-state index contributed by atoms with van der Waals surface area (Å²) in [6.45, 7) is 1.94. The fourth-order valence-corrected chi connectivity index (χ4v) is 1.48. The molecule has 0 radical (unpaired) electrons. The lowest BCUT2D eigenvalue weighted by atomic mass is 10.1. The molecule has 0 saturated heterocycles. The van der Waals surface area contributed by atoms with Crippen molar-refractivity contribution in [3.05, 3.63) is 45.7 Å². The highest BCUT2D eigenvalue weighted by Crippen LogP contribution is 2.20. The van der Waals surface area contributed by atoms with Crippen LogP contribution in [-0.2, 0) is 0 Å². The molecule has 1 aliphatic carbocycles. The predicted octanol–water partition coefficient (Wildman–Crippen LogP) is 1.66. The summed E-state index contributed by atoms with van der Waals surface area (Å²) < 4.78 is 0. The summed E-state index contributed by atoms with van der Waals surface area (Å²) in [4.78, 5) is 14.0. The molecule has 14 heavy (non-hydrogen) atoms. The van der Waals surface area contributed by atoms with Crippen molar-refractivity contribution in [2.75, 3.05) is 0 Å². The number of H-pyrrole nitrogens is 1. The largest absolute Gasteiger partial charge is 0.321 e. The lowest BCUT2D eigenvalue weighted by molar-refractivity contribution is 1.30. The van der Waals surface area contributed by atoms with Crippen LogP contribution in [0.4, 0.5) is 0 Å². The molecule has 1 heterocycles. The van der Waals surface area contributed by atoms with E-state index in [1.807, 2.05) is 31.2 Å². The highest BCUT2D eigenvalue weighted by Gasteiger charge is 2.12. The van der Waals surface area contributed by atoms with Crippen LogP contribution in [0.5, 0.6) is 0 Å². The van der Waals surface area contributed by atoms with Gasteiger partial charge in [-0.2, -0.15) is 5.26 Å². The van der Waals surface area contributed by atoms with E-state index < -0.39 is 0 Å². The summed E-state index contributed by atoms with van der Waals surface area (Å²) in [5.41, 5.74) is 2.33. The minimum atomic E-state index is -0.312. The highest BCUT2D eigenvalue weighted by molar-refractivity contribution is 5.69. The molecule has 0 unspecified atom stereocenters. The standard InChI is InChI=1S/C11H8N2O/c1-7-3-2-4-8-9(6-12)11(14)13-10(8)5-7/h2-5H,1H3,(H,13,14). The fraction of sp³-hybridized carbons (Fsp3) is 0.0909. The molecule has 0 saturated carbocycles. The second-order valence-corrected chi connectivity index (χ2v) is 3.18. The average molecular weight is 184 g/mol. The molecule has 1 aliphatic heterocycles. The van der Waals surface area contributed by atoms with Gasteiger partial charge in [0, 0.05) is 5.56 Å². The van der Waals surface area contributed by atoms with Crippen LogP contribution < -0.4 is 5.56 Å². The molecule has 0 atom stereocenters. The van der Waals surface area contributed by atoms with E-state index >= 15 is 0 Å². The molecule has 2 aliphatic rings. The van der Waals surface area contributed by atoms with Gasteiger partial charge in [-0.15, -0.1) is 0 Å². The predicted molar refractivity (Wildman–Crippen MR) is 53.1 cm³/mol. The van der Waals surface area contributed by atoms with Gasteiger partial charge >= 0.3 is 0 Å². The molecule has 0 spiro atoms. The van der Waals surface area contributed by atoms with Crippen LogP contribution in [-0.4, -0.2) is 4.98 Å². The Morgan fingerprint density at radius 1 is 1.43 bits per heavy atom. The number of aromatic nitrogens is 1. The van der Waals surface area contributed by atoms with Crippen LogP contribution >= 0.6 is 0 Å². The molecular weight excluding hydrogens is 176 g/mol. The number of nitrogens with zero attached hydrogens (tertiary/aromatic N) is 1. The van der Waals surface area contributed by atoms with E-state index in [4.69, 9.17) is 5.26 Å². The molecular formula is C11H8N2O. The van der Waals surface area contributed by atoms with Crippen LogP contribution in [0, 0.1) is 18.3 Å². The molecule has 0 amide bonds. The summed E-state index contributed by atoms with van der Waals surface area (Å²) in [6.07, 6.45) is 0. The van der Waals surface area contributed by atoms with E-state index in [1.54, 1.807) is 6.07 Å². The molecule has 68 valence electrons. The van der Waals surface area contributed by atoms with Gasteiger partial charge in [0.25, 0.3) is 5.56 Å². The summed E-state index contributed by atoms with van der Waals surface area (Å²) in [6, 6.07) is 9.31.